The highest BCUT2D eigenvalue weighted by Crippen LogP contribution is 2.25. The molecule has 6 nitrogen and oxygen atoms in total. The van der Waals surface area contributed by atoms with E-state index in [1.165, 1.54) is 13.8 Å². The number of amides is 1. The maximum Gasteiger partial charge on any atom is 0.318 e. The van der Waals surface area contributed by atoms with Crippen molar-refractivity contribution in [2.75, 3.05) is 11.5 Å². The molecule has 1 unspecified atom stereocenters. The van der Waals surface area contributed by atoms with E-state index in [9.17, 15) is 18.0 Å². The number of carbonyl (C=O) groups excluding carboxylic acids is 1. The van der Waals surface area contributed by atoms with Gasteiger partial charge in [0.2, 0.25) is 5.91 Å². The second-order valence-corrected chi connectivity index (χ2v) is 7.47. The highest BCUT2D eigenvalue weighted by atomic mass is 32.2. The molecule has 0 aliphatic carbocycles. The van der Waals surface area contributed by atoms with Gasteiger partial charge in [-0.15, -0.1) is 0 Å². The molecule has 0 aromatic heterocycles. The number of nitrogens with one attached hydrogen (secondary N) is 1. The summed E-state index contributed by atoms with van der Waals surface area (Å²) >= 11 is 0. The van der Waals surface area contributed by atoms with Crippen LogP contribution in [0, 0.1) is 5.41 Å². The molecule has 1 amide bonds. The van der Waals surface area contributed by atoms with Crippen molar-refractivity contribution in [3.05, 3.63) is 0 Å². The number of carboxylic acid groups (broad SMARTS) is 1. The molecule has 0 saturated carbocycles. The van der Waals surface area contributed by atoms with Gasteiger partial charge in [0.1, 0.15) is 5.41 Å². The van der Waals surface area contributed by atoms with Crippen LogP contribution in [0.4, 0.5) is 0 Å². The van der Waals surface area contributed by atoms with Crippen LogP contribution >= 0.6 is 0 Å². The molecule has 1 fully saturated rings. The van der Waals surface area contributed by atoms with Gasteiger partial charge in [-0.1, -0.05) is 0 Å². The summed E-state index contributed by atoms with van der Waals surface area (Å²) in [6.07, 6.45) is 0.316. The van der Waals surface area contributed by atoms with Crippen LogP contribution in [-0.2, 0) is 19.4 Å². The number of sulfone groups is 1. The molecule has 7 heteroatoms. The molecule has 2 N–H and O–H groups in total. The molecule has 0 aromatic carbocycles. The SMILES string of the molecule is CC1(NC(=O)C(C)(C)C(=O)O)CCS(=O)(=O)C1. The number of hydrogen-bond donors (Lipinski definition) is 2. The first kappa shape index (κ1) is 14.0. The van der Waals surface area contributed by atoms with E-state index in [1.807, 2.05) is 0 Å². The molecule has 1 saturated heterocycles. The highest BCUT2D eigenvalue weighted by Gasteiger charge is 2.44. The van der Waals surface area contributed by atoms with Crippen LogP contribution in [-0.4, -0.2) is 42.4 Å². The molecule has 1 heterocycles. The zero-order valence-corrected chi connectivity index (χ0v) is 10.9. The monoisotopic (exact) mass is 263 g/mol. The Kier molecular flexibility index (Phi) is 3.26. The van der Waals surface area contributed by atoms with Gasteiger partial charge in [-0.05, 0) is 27.2 Å². The van der Waals surface area contributed by atoms with Crippen molar-refractivity contribution in [3.8, 4) is 0 Å². The lowest BCUT2D eigenvalue weighted by atomic mass is 9.90. The van der Waals surface area contributed by atoms with Crippen LogP contribution in [0.15, 0.2) is 0 Å². The van der Waals surface area contributed by atoms with E-state index in [2.05, 4.69) is 5.32 Å². The van der Waals surface area contributed by atoms with Gasteiger partial charge in [-0.2, -0.15) is 0 Å². The van der Waals surface area contributed by atoms with Crippen LogP contribution in [0.25, 0.3) is 0 Å². The number of rotatable bonds is 3. The lowest BCUT2D eigenvalue weighted by Crippen LogP contribution is -2.53. The largest absolute Gasteiger partial charge is 0.480 e. The third-order valence-corrected chi connectivity index (χ3v) is 4.92. The van der Waals surface area contributed by atoms with Crippen LogP contribution in [0.1, 0.15) is 27.2 Å². The molecule has 0 aromatic rings. The quantitative estimate of drug-likeness (QED) is 0.686. The van der Waals surface area contributed by atoms with Crippen LogP contribution < -0.4 is 5.32 Å². The van der Waals surface area contributed by atoms with E-state index in [0.29, 0.717) is 6.42 Å². The molecule has 0 radical (unpaired) electrons. The lowest BCUT2D eigenvalue weighted by Gasteiger charge is -2.28. The van der Waals surface area contributed by atoms with Gasteiger partial charge in [0.05, 0.1) is 17.0 Å². The standard InChI is InChI=1S/C10H17NO5S/c1-9(2,8(13)14)7(12)11-10(3)4-5-17(15,16)6-10/h4-6H2,1-3H3,(H,11,12)(H,13,14). The van der Waals surface area contributed by atoms with Gasteiger partial charge in [0, 0.05) is 0 Å². The summed E-state index contributed by atoms with van der Waals surface area (Å²) in [7, 11) is -3.13. The van der Waals surface area contributed by atoms with Crippen molar-refractivity contribution in [2.45, 2.75) is 32.7 Å². The zero-order chi connectivity index (χ0) is 13.5. The average Bonchev–Trinajstić information content (AvgIpc) is 2.39. The van der Waals surface area contributed by atoms with Crippen molar-refractivity contribution >= 4 is 21.7 Å². The minimum absolute atomic E-state index is 0.0251. The molecule has 0 bridgehead atoms. The summed E-state index contributed by atoms with van der Waals surface area (Å²) in [5.41, 5.74) is -2.42. The molecule has 1 atom stereocenters. The normalized spacial score (nSPS) is 27.7. The highest BCUT2D eigenvalue weighted by molar-refractivity contribution is 7.91. The first-order valence-corrected chi connectivity index (χ1v) is 7.07. The van der Waals surface area contributed by atoms with Crippen LogP contribution in [0.3, 0.4) is 0 Å². The Bertz CT molecular complexity index is 453. The van der Waals surface area contributed by atoms with Gasteiger partial charge < -0.3 is 10.4 Å². The van der Waals surface area contributed by atoms with E-state index < -0.39 is 32.7 Å². The Morgan fingerprint density at radius 3 is 2.24 bits per heavy atom. The lowest BCUT2D eigenvalue weighted by molar-refractivity contribution is -0.153. The number of carbonyl (C=O) groups is 2. The fraction of sp³-hybridized carbons (Fsp3) is 0.800. The van der Waals surface area contributed by atoms with Gasteiger partial charge in [-0.3, -0.25) is 9.59 Å². The summed E-state index contributed by atoms with van der Waals surface area (Å²) in [4.78, 5) is 22.7. The Morgan fingerprint density at radius 2 is 1.88 bits per heavy atom. The van der Waals surface area contributed by atoms with Crippen molar-refractivity contribution in [2.24, 2.45) is 5.41 Å². The van der Waals surface area contributed by atoms with E-state index in [-0.39, 0.29) is 11.5 Å². The average molecular weight is 263 g/mol. The second-order valence-electron chi connectivity index (χ2n) is 5.29. The van der Waals surface area contributed by atoms with Crippen molar-refractivity contribution in [3.63, 3.8) is 0 Å². The third-order valence-electron chi connectivity index (χ3n) is 3.02. The van der Waals surface area contributed by atoms with Gasteiger partial charge in [0.15, 0.2) is 9.84 Å². The van der Waals surface area contributed by atoms with Gasteiger partial charge >= 0.3 is 5.97 Å². The van der Waals surface area contributed by atoms with E-state index >= 15 is 0 Å². The Morgan fingerprint density at radius 1 is 1.35 bits per heavy atom. The Hall–Kier alpha value is -1.11. The van der Waals surface area contributed by atoms with Gasteiger partial charge in [-0.25, -0.2) is 8.42 Å². The summed E-state index contributed by atoms with van der Waals surface area (Å²) in [5, 5.41) is 11.4. The van der Waals surface area contributed by atoms with Crippen molar-refractivity contribution in [1.29, 1.82) is 0 Å². The maximum absolute atomic E-state index is 11.8. The maximum atomic E-state index is 11.8. The molecule has 98 valence electrons. The number of carboxylic acids is 1. The number of aliphatic carboxylic acids is 1. The Labute approximate surface area is 100 Å². The topological polar surface area (TPSA) is 101 Å². The third kappa shape index (κ3) is 2.96. The summed E-state index contributed by atoms with van der Waals surface area (Å²) in [6, 6.07) is 0. The van der Waals surface area contributed by atoms with Gasteiger partial charge in [0.25, 0.3) is 0 Å². The van der Waals surface area contributed by atoms with E-state index in [4.69, 9.17) is 5.11 Å². The zero-order valence-electron chi connectivity index (χ0n) is 10.1. The van der Waals surface area contributed by atoms with Crippen molar-refractivity contribution < 1.29 is 23.1 Å². The second kappa shape index (κ2) is 3.97. The van der Waals surface area contributed by atoms with Crippen LogP contribution in [0.5, 0.6) is 0 Å². The molecular formula is C10H17NO5S. The van der Waals surface area contributed by atoms with Crippen molar-refractivity contribution in [1.82, 2.24) is 5.32 Å². The Balaban J connectivity index is 2.80. The molecule has 17 heavy (non-hydrogen) atoms. The summed E-state index contributed by atoms with van der Waals surface area (Å²) in [5.74, 6) is -2.01. The van der Waals surface area contributed by atoms with Crippen LogP contribution in [0.2, 0.25) is 0 Å². The molecule has 1 aliphatic rings. The summed E-state index contributed by atoms with van der Waals surface area (Å²) in [6.45, 7) is 4.20. The minimum atomic E-state index is -3.13. The van der Waals surface area contributed by atoms with E-state index in [1.54, 1.807) is 6.92 Å². The molecule has 1 aliphatic heterocycles. The smallest absolute Gasteiger partial charge is 0.318 e. The van der Waals surface area contributed by atoms with E-state index in [0.717, 1.165) is 0 Å². The predicted molar refractivity (Wildman–Crippen MR) is 61.2 cm³/mol. The molecule has 0 spiro atoms. The first-order chi connectivity index (χ1) is 7.49. The molecule has 1 rings (SSSR count). The minimum Gasteiger partial charge on any atom is -0.480 e. The first-order valence-electron chi connectivity index (χ1n) is 5.25. The predicted octanol–water partition coefficient (Wildman–Crippen LogP) is -0.209. The number of hydrogen-bond acceptors (Lipinski definition) is 4. The fourth-order valence-corrected chi connectivity index (χ4v) is 3.73. The fourth-order valence-electron chi connectivity index (χ4n) is 1.64. The summed E-state index contributed by atoms with van der Waals surface area (Å²) < 4.78 is 22.7. The molecular weight excluding hydrogens is 246 g/mol.